The summed E-state index contributed by atoms with van der Waals surface area (Å²) < 4.78 is 15.9. The van der Waals surface area contributed by atoms with E-state index in [1.807, 2.05) is 0 Å². The summed E-state index contributed by atoms with van der Waals surface area (Å²) in [5.41, 5.74) is -0.556. The summed E-state index contributed by atoms with van der Waals surface area (Å²) in [6.45, 7) is 0. The summed E-state index contributed by atoms with van der Waals surface area (Å²) in [5, 5.41) is 59.5. The van der Waals surface area contributed by atoms with Crippen molar-refractivity contribution < 1.29 is 49.3 Å². The second-order valence-corrected chi connectivity index (χ2v) is 7.14. The van der Waals surface area contributed by atoms with Crippen molar-refractivity contribution in [3.63, 3.8) is 0 Å². The Bertz CT molecular complexity index is 1220. The van der Waals surface area contributed by atoms with Crippen LogP contribution in [0.3, 0.4) is 0 Å². The number of aliphatic hydroxyl groups is 3. The number of ether oxygens (including phenoxy) is 2. The lowest BCUT2D eigenvalue weighted by Crippen LogP contribution is -2.61. The number of carboxylic acid groups (broad SMARTS) is 1. The molecule has 32 heavy (non-hydrogen) atoms. The maximum Gasteiger partial charge on any atom is 0.335 e. The fraction of sp³-hybridized carbons (Fsp3) is 0.238. The third-order valence-corrected chi connectivity index (χ3v) is 5.03. The lowest BCUT2D eigenvalue weighted by Gasteiger charge is -2.38. The molecule has 1 aliphatic rings. The molecule has 0 aliphatic carbocycles. The summed E-state index contributed by atoms with van der Waals surface area (Å²) in [6.07, 6.45) is -9.56. The average molecular weight is 446 g/mol. The molecule has 6 N–H and O–H groups in total. The van der Waals surface area contributed by atoms with Crippen molar-refractivity contribution in [3.05, 3.63) is 52.7 Å². The molecule has 5 atom stereocenters. The van der Waals surface area contributed by atoms with Gasteiger partial charge in [0.1, 0.15) is 35.2 Å². The molecule has 2 heterocycles. The van der Waals surface area contributed by atoms with Crippen LogP contribution in [0.1, 0.15) is 0 Å². The Morgan fingerprint density at radius 3 is 2.31 bits per heavy atom. The first kappa shape index (κ1) is 21.6. The van der Waals surface area contributed by atoms with Crippen molar-refractivity contribution >= 4 is 16.9 Å². The van der Waals surface area contributed by atoms with Gasteiger partial charge in [0.25, 0.3) is 0 Å². The van der Waals surface area contributed by atoms with Crippen molar-refractivity contribution in [1.82, 2.24) is 0 Å². The van der Waals surface area contributed by atoms with Crippen LogP contribution in [0.15, 0.2) is 51.7 Å². The van der Waals surface area contributed by atoms with Crippen LogP contribution in [0, 0.1) is 0 Å². The molecule has 0 spiro atoms. The van der Waals surface area contributed by atoms with Crippen molar-refractivity contribution in [2.24, 2.45) is 0 Å². The van der Waals surface area contributed by atoms with Gasteiger partial charge in [-0.2, -0.15) is 0 Å². The minimum Gasteiger partial charge on any atom is -0.507 e. The van der Waals surface area contributed by atoms with E-state index in [4.69, 9.17) is 19.0 Å². The monoisotopic (exact) mass is 446 g/mol. The van der Waals surface area contributed by atoms with Crippen LogP contribution in [0.5, 0.6) is 17.2 Å². The smallest absolute Gasteiger partial charge is 0.335 e. The van der Waals surface area contributed by atoms with Crippen LogP contribution >= 0.6 is 0 Å². The number of rotatable bonds is 4. The molecule has 2 aromatic carbocycles. The van der Waals surface area contributed by atoms with Crippen molar-refractivity contribution in [3.8, 4) is 28.6 Å². The van der Waals surface area contributed by atoms with Crippen LogP contribution in [0.4, 0.5) is 0 Å². The SMILES string of the molecule is O=C(O)[C@@H]1O[C@@H](Oc2cc(O)c3c(=O)cc(-c4ccccc4)oc3c2O)[C@H](O)[C@H](O)[C@@H]1O. The summed E-state index contributed by atoms with van der Waals surface area (Å²) in [5.74, 6) is -3.42. The van der Waals surface area contributed by atoms with Gasteiger partial charge in [-0.1, -0.05) is 30.3 Å². The first-order valence-electron chi connectivity index (χ1n) is 9.36. The number of phenols is 2. The van der Waals surface area contributed by atoms with Gasteiger partial charge in [-0.3, -0.25) is 4.79 Å². The highest BCUT2D eigenvalue weighted by Crippen LogP contribution is 2.41. The van der Waals surface area contributed by atoms with E-state index >= 15 is 0 Å². The Labute approximate surface area is 178 Å². The minimum atomic E-state index is -1.94. The van der Waals surface area contributed by atoms with E-state index in [-0.39, 0.29) is 11.1 Å². The molecule has 11 nitrogen and oxygen atoms in total. The largest absolute Gasteiger partial charge is 0.507 e. The Hall–Kier alpha value is -3.64. The van der Waals surface area contributed by atoms with Crippen LogP contribution in [0.25, 0.3) is 22.3 Å². The molecule has 0 saturated carbocycles. The number of fused-ring (bicyclic) bond motifs is 1. The number of aliphatic hydroxyl groups excluding tert-OH is 3. The highest BCUT2D eigenvalue weighted by atomic mass is 16.7. The third kappa shape index (κ3) is 3.63. The molecule has 3 aromatic rings. The molecule has 1 aromatic heterocycles. The molecule has 4 rings (SSSR count). The molecule has 1 saturated heterocycles. The Morgan fingerprint density at radius 1 is 0.969 bits per heavy atom. The zero-order valence-corrected chi connectivity index (χ0v) is 16.2. The van der Waals surface area contributed by atoms with E-state index in [0.29, 0.717) is 5.56 Å². The van der Waals surface area contributed by atoms with E-state index in [0.717, 1.165) is 12.1 Å². The van der Waals surface area contributed by atoms with Gasteiger partial charge in [0.2, 0.25) is 12.0 Å². The van der Waals surface area contributed by atoms with E-state index in [9.17, 15) is 35.1 Å². The van der Waals surface area contributed by atoms with Gasteiger partial charge in [-0.15, -0.1) is 0 Å². The normalized spacial score (nSPS) is 25.5. The van der Waals surface area contributed by atoms with Crippen LogP contribution < -0.4 is 10.2 Å². The topological polar surface area (TPSA) is 187 Å². The van der Waals surface area contributed by atoms with Crippen molar-refractivity contribution in [1.29, 1.82) is 0 Å². The minimum absolute atomic E-state index is 0.0911. The van der Waals surface area contributed by atoms with Crippen molar-refractivity contribution in [2.75, 3.05) is 0 Å². The first-order chi connectivity index (χ1) is 15.2. The van der Waals surface area contributed by atoms with Gasteiger partial charge in [-0.05, 0) is 0 Å². The number of carbonyl (C=O) groups is 1. The Kier molecular flexibility index (Phi) is 5.48. The molecule has 0 radical (unpaired) electrons. The molecular weight excluding hydrogens is 428 g/mol. The van der Waals surface area contributed by atoms with E-state index in [1.54, 1.807) is 30.3 Å². The van der Waals surface area contributed by atoms with Gasteiger partial charge in [-0.25, -0.2) is 4.79 Å². The molecule has 1 fully saturated rings. The molecule has 0 amide bonds. The predicted octanol–water partition coefficient (Wildman–Crippen LogP) is 0.142. The summed E-state index contributed by atoms with van der Waals surface area (Å²) >= 11 is 0. The highest BCUT2D eigenvalue weighted by molar-refractivity contribution is 5.91. The fourth-order valence-corrected chi connectivity index (χ4v) is 3.39. The number of hydrogen-bond acceptors (Lipinski definition) is 10. The molecule has 0 bridgehead atoms. The molecule has 168 valence electrons. The van der Waals surface area contributed by atoms with Crippen LogP contribution in [-0.4, -0.2) is 67.3 Å². The van der Waals surface area contributed by atoms with E-state index in [1.165, 1.54) is 0 Å². The lowest BCUT2D eigenvalue weighted by molar-refractivity contribution is -0.271. The van der Waals surface area contributed by atoms with Gasteiger partial charge in [0.15, 0.2) is 22.9 Å². The number of aliphatic carboxylic acids is 1. The molecule has 1 aliphatic heterocycles. The van der Waals surface area contributed by atoms with Gasteiger partial charge >= 0.3 is 5.97 Å². The Morgan fingerprint density at radius 2 is 1.66 bits per heavy atom. The molecule has 11 heteroatoms. The fourth-order valence-electron chi connectivity index (χ4n) is 3.39. The number of hydrogen-bond donors (Lipinski definition) is 6. The zero-order chi connectivity index (χ0) is 23.2. The van der Waals surface area contributed by atoms with E-state index < -0.39 is 64.9 Å². The maximum atomic E-state index is 12.5. The Balaban J connectivity index is 1.77. The van der Waals surface area contributed by atoms with E-state index in [2.05, 4.69) is 0 Å². The summed E-state index contributed by atoms with van der Waals surface area (Å²) in [6, 6.07) is 10.5. The average Bonchev–Trinajstić information content (AvgIpc) is 2.77. The van der Waals surface area contributed by atoms with Crippen LogP contribution in [-0.2, 0) is 9.53 Å². The number of carboxylic acids is 1. The molecule has 0 unspecified atom stereocenters. The second-order valence-electron chi connectivity index (χ2n) is 7.14. The van der Waals surface area contributed by atoms with Crippen molar-refractivity contribution in [2.45, 2.75) is 30.7 Å². The van der Waals surface area contributed by atoms with Gasteiger partial charge < -0.3 is 44.5 Å². The number of phenolic OH excluding ortho intramolecular Hbond substituents is 2. The first-order valence-corrected chi connectivity index (χ1v) is 9.36. The number of aromatic hydroxyl groups is 2. The quantitative estimate of drug-likeness (QED) is 0.299. The predicted molar refractivity (Wildman–Crippen MR) is 106 cm³/mol. The standard InChI is InChI=1S/C21H18O11/c22-9-6-11(8-4-2-1-3-5-8)30-18-13(9)10(23)7-12(14(18)24)31-21-17(27)15(25)16(26)19(32-21)20(28)29/h1-7,15-17,19,21,23-27H,(H,28,29)/t15-,16+,17-,19-,21-/m1/s1. The van der Waals surface area contributed by atoms with Gasteiger partial charge in [0, 0.05) is 17.7 Å². The highest BCUT2D eigenvalue weighted by Gasteiger charge is 2.48. The third-order valence-electron chi connectivity index (χ3n) is 5.03. The summed E-state index contributed by atoms with van der Waals surface area (Å²) in [7, 11) is 0. The van der Waals surface area contributed by atoms with Gasteiger partial charge in [0.05, 0.1) is 0 Å². The molecular formula is C21H18O11. The second kappa shape index (κ2) is 8.13. The number of benzene rings is 2. The maximum absolute atomic E-state index is 12.5. The zero-order valence-electron chi connectivity index (χ0n) is 16.2. The summed E-state index contributed by atoms with van der Waals surface area (Å²) in [4.78, 5) is 23.8. The lowest BCUT2D eigenvalue weighted by atomic mass is 9.99. The van der Waals surface area contributed by atoms with Crippen LogP contribution in [0.2, 0.25) is 0 Å².